The Labute approximate surface area is 292 Å². The molecule has 0 spiro atoms. The van der Waals surface area contributed by atoms with Gasteiger partial charge in [0, 0.05) is 38.1 Å². The van der Waals surface area contributed by atoms with Gasteiger partial charge in [-0.2, -0.15) is 0 Å². The average molecular weight is 664 g/mol. The molecule has 0 amide bonds. The van der Waals surface area contributed by atoms with E-state index in [9.17, 15) is 0 Å². The van der Waals surface area contributed by atoms with Crippen LogP contribution < -0.4 is 0 Å². The van der Waals surface area contributed by atoms with E-state index >= 15 is 0 Å². The van der Waals surface area contributed by atoms with Crippen LogP contribution in [0.4, 0.5) is 0 Å². The fourth-order valence-electron chi connectivity index (χ4n) is 6.01. The second-order valence-corrected chi connectivity index (χ2v) is 14.4. The molecule has 7 rings (SSSR count). The lowest BCUT2D eigenvalue weighted by atomic mass is 9.93. The van der Waals surface area contributed by atoms with Crippen molar-refractivity contribution >= 4 is 45.7 Å². The lowest BCUT2D eigenvalue weighted by Gasteiger charge is -2.19. The highest BCUT2D eigenvalue weighted by Gasteiger charge is 2.19. The molecule has 3 heteroatoms. The predicted molar refractivity (Wildman–Crippen MR) is 208 cm³/mol. The molecule has 1 aromatic heterocycles. The molecular weight excluding hydrogens is 628 g/mol. The van der Waals surface area contributed by atoms with Gasteiger partial charge in [-0.3, -0.25) is 0 Å². The number of hydrogen-bond acceptors (Lipinski definition) is 1. The Hall–Kier alpha value is -4.21. The molecule has 0 saturated carbocycles. The van der Waals surface area contributed by atoms with Crippen molar-refractivity contribution in [2.24, 2.45) is 0 Å². The minimum absolute atomic E-state index is 0.884. The zero-order valence-corrected chi connectivity index (χ0v) is 28.6. The maximum Gasteiger partial charge on any atom is 0.239 e. The van der Waals surface area contributed by atoms with Crippen molar-refractivity contribution in [3.63, 3.8) is 0 Å². The third-order valence-corrected chi connectivity index (χ3v) is 11.3. The van der Waals surface area contributed by atoms with E-state index in [-0.39, 0.29) is 0 Å². The second kappa shape index (κ2) is 15.1. The van der Waals surface area contributed by atoms with Crippen molar-refractivity contribution in [1.29, 1.82) is 0 Å². The van der Waals surface area contributed by atoms with E-state index in [4.69, 9.17) is 11.6 Å². The van der Waals surface area contributed by atoms with E-state index in [1.165, 1.54) is 64.1 Å². The number of benzene rings is 3. The number of allylic oxidation sites excluding steroid dienone is 13. The van der Waals surface area contributed by atoms with Crippen LogP contribution in [0.15, 0.2) is 184 Å². The number of thioether (sulfide) groups is 1. The molecule has 2 heterocycles. The van der Waals surface area contributed by atoms with Gasteiger partial charge in [0.15, 0.2) is 0 Å². The smallest absolute Gasteiger partial charge is 0.0888 e. The van der Waals surface area contributed by atoms with E-state index in [1.807, 2.05) is 23.1 Å². The van der Waals surface area contributed by atoms with Gasteiger partial charge in [-0.15, -0.1) is 0 Å². The number of halogens is 1. The van der Waals surface area contributed by atoms with E-state index in [1.54, 1.807) is 0 Å². The van der Waals surface area contributed by atoms with Crippen LogP contribution in [-0.4, -0.2) is 0 Å². The molecule has 230 valence electrons. The molecule has 0 N–H and O–H groups in total. The SMILES string of the molecule is ClC1=C(/C=C/c2cc(-c3ccccc3)[s+]c(-c3ccccc3)c2)CCC/C1=C/C=C1\C=C(C2=CCCC=C2)SC(c2ccccc2)=C1. The zero-order chi connectivity index (χ0) is 31.8. The number of hydrogen-bond donors (Lipinski definition) is 0. The summed E-state index contributed by atoms with van der Waals surface area (Å²) in [6.45, 7) is 0. The van der Waals surface area contributed by atoms with Crippen LogP contribution in [0, 0.1) is 0 Å². The van der Waals surface area contributed by atoms with Crippen LogP contribution in [0.5, 0.6) is 0 Å². The first-order valence-electron chi connectivity index (χ1n) is 16.3. The standard InChI is InChI=1S/C44H36ClS2/c45-44-38(26-24-32-28-40(34-14-5-1-6-15-34)46-41(29-32)35-16-7-2-8-17-35)22-13-23-39(44)27-25-33-30-42(36-18-9-3-10-19-36)47-43(31-33)37-20-11-4-12-21-37/h1-3,5-11,14-21,24-31H,4,12-13,22-23H2/q+1. The molecule has 2 aliphatic carbocycles. The van der Waals surface area contributed by atoms with Crippen LogP contribution in [0.1, 0.15) is 43.2 Å². The second-order valence-electron chi connectivity index (χ2n) is 11.9. The van der Waals surface area contributed by atoms with Crippen molar-refractivity contribution in [1.82, 2.24) is 0 Å². The van der Waals surface area contributed by atoms with Gasteiger partial charge in [-0.1, -0.05) is 133 Å². The molecular formula is C44H36ClS2+. The highest BCUT2D eigenvalue weighted by molar-refractivity contribution is 8.12. The molecule has 1 aliphatic heterocycles. The highest BCUT2D eigenvalue weighted by atomic mass is 35.5. The van der Waals surface area contributed by atoms with Crippen molar-refractivity contribution in [3.8, 4) is 20.9 Å². The first kappa shape index (κ1) is 31.4. The molecule has 0 fully saturated rings. The Morgan fingerprint density at radius 3 is 1.94 bits per heavy atom. The number of rotatable bonds is 7. The topological polar surface area (TPSA) is 0 Å². The van der Waals surface area contributed by atoms with Crippen molar-refractivity contribution in [3.05, 3.63) is 195 Å². The van der Waals surface area contributed by atoms with Gasteiger partial charge in [-0.05, 0) is 102 Å². The summed E-state index contributed by atoms with van der Waals surface area (Å²) in [5, 5.41) is 0.884. The predicted octanol–water partition coefficient (Wildman–Crippen LogP) is 13.9. The minimum atomic E-state index is 0.884. The molecule has 0 radical (unpaired) electrons. The monoisotopic (exact) mass is 663 g/mol. The summed E-state index contributed by atoms with van der Waals surface area (Å²) in [5.41, 5.74) is 9.81. The van der Waals surface area contributed by atoms with Gasteiger partial charge in [0.05, 0.1) is 0 Å². The maximum atomic E-state index is 7.14. The van der Waals surface area contributed by atoms with Gasteiger partial charge >= 0.3 is 0 Å². The van der Waals surface area contributed by atoms with Crippen LogP contribution in [0.25, 0.3) is 31.9 Å². The normalized spacial score (nSPS) is 18.4. The Morgan fingerprint density at radius 2 is 1.30 bits per heavy atom. The van der Waals surface area contributed by atoms with Gasteiger partial charge in [0.2, 0.25) is 21.1 Å². The molecule has 0 unspecified atom stereocenters. The largest absolute Gasteiger partial charge is 0.239 e. The molecule has 3 aromatic carbocycles. The quantitative estimate of drug-likeness (QED) is 0.177. The third kappa shape index (κ3) is 7.85. The molecule has 0 saturated heterocycles. The fourth-order valence-corrected chi connectivity index (χ4v) is 8.61. The average Bonchev–Trinajstić information content (AvgIpc) is 3.15. The van der Waals surface area contributed by atoms with Crippen molar-refractivity contribution in [2.75, 3.05) is 0 Å². The van der Waals surface area contributed by atoms with Crippen molar-refractivity contribution in [2.45, 2.75) is 32.1 Å². The van der Waals surface area contributed by atoms with E-state index in [0.29, 0.717) is 0 Å². The van der Waals surface area contributed by atoms with E-state index in [0.717, 1.165) is 37.1 Å². The van der Waals surface area contributed by atoms with Crippen LogP contribution in [-0.2, 0) is 0 Å². The molecule has 3 aliphatic rings. The van der Waals surface area contributed by atoms with Crippen molar-refractivity contribution < 1.29 is 0 Å². The van der Waals surface area contributed by atoms with Gasteiger partial charge < -0.3 is 0 Å². The molecule has 47 heavy (non-hydrogen) atoms. The summed E-state index contributed by atoms with van der Waals surface area (Å²) in [6, 6.07) is 36.6. The first-order chi connectivity index (χ1) is 23.2. The molecule has 4 aromatic rings. The third-order valence-electron chi connectivity index (χ3n) is 8.50. The van der Waals surface area contributed by atoms with Gasteiger partial charge in [0.1, 0.15) is 0 Å². The Balaban J connectivity index is 1.20. The molecule has 0 bridgehead atoms. The van der Waals surface area contributed by atoms with E-state index < -0.39 is 0 Å². The summed E-state index contributed by atoms with van der Waals surface area (Å²) in [4.78, 5) is 5.08. The highest BCUT2D eigenvalue weighted by Crippen LogP contribution is 2.43. The Kier molecular flexibility index (Phi) is 10.1. The van der Waals surface area contributed by atoms with Gasteiger partial charge in [0.25, 0.3) is 0 Å². The summed E-state index contributed by atoms with van der Waals surface area (Å²) >= 11 is 10.8. The maximum absolute atomic E-state index is 7.14. The molecule has 0 atom stereocenters. The Bertz CT molecular complexity index is 1950. The van der Waals surface area contributed by atoms with E-state index in [2.05, 4.69) is 158 Å². The lowest BCUT2D eigenvalue weighted by molar-refractivity contribution is 0.792. The summed E-state index contributed by atoms with van der Waals surface area (Å²) < 4.78 is 0. The minimum Gasteiger partial charge on any atom is -0.0888 e. The lowest BCUT2D eigenvalue weighted by Crippen LogP contribution is -1.98. The van der Waals surface area contributed by atoms with Crippen LogP contribution >= 0.6 is 34.7 Å². The first-order valence-corrected chi connectivity index (χ1v) is 18.3. The van der Waals surface area contributed by atoms with Gasteiger partial charge in [-0.25, -0.2) is 0 Å². The Morgan fingerprint density at radius 1 is 0.660 bits per heavy atom. The summed E-state index contributed by atoms with van der Waals surface area (Å²) in [7, 11) is 0. The molecule has 0 nitrogen and oxygen atoms in total. The van der Waals surface area contributed by atoms with Crippen LogP contribution in [0.3, 0.4) is 0 Å². The van der Waals surface area contributed by atoms with Crippen LogP contribution in [0.2, 0.25) is 0 Å². The summed E-state index contributed by atoms with van der Waals surface area (Å²) in [5.74, 6) is 0. The fraction of sp³-hybridized carbons (Fsp3) is 0.114. The zero-order valence-electron chi connectivity index (χ0n) is 26.2. The summed E-state index contributed by atoms with van der Waals surface area (Å²) in [6.07, 6.45) is 25.8.